The van der Waals surface area contributed by atoms with Crippen molar-refractivity contribution in [2.45, 2.75) is 43.9 Å². The third-order valence-corrected chi connectivity index (χ3v) is 3.98. The van der Waals surface area contributed by atoms with Crippen LogP contribution in [0.2, 0.25) is 0 Å². The molecule has 0 aliphatic heterocycles. The van der Waals surface area contributed by atoms with Crippen LogP contribution in [0.4, 0.5) is 0 Å². The summed E-state index contributed by atoms with van der Waals surface area (Å²) in [4.78, 5) is 15.0. The van der Waals surface area contributed by atoms with Crippen molar-refractivity contribution in [2.24, 2.45) is 5.73 Å². The van der Waals surface area contributed by atoms with Crippen molar-refractivity contribution in [3.63, 3.8) is 0 Å². The molecule has 0 radical (unpaired) electrons. The van der Waals surface area contributed by atoms with Gasteiger partial charge in [-0.1, -0.05) is 0 Å². The second-order valence-electron chi connectivity index (χ2n) is 4.20. The van der Waals surface area contributed by atoms with Gasteiger partial charge in [0.2, 0.25) is 0 Å². The summed E-state index contributed by atoms with van der Waals surface area (Å²) in [5.74, 6) is 0.449. The van der Waals surface area contributed by atoms with E-state index in [-0.39, 0.29) is 0 Å². The fraction of sp³-hybridized carbons (Fsp3) is 0.700. The quantitative estimate of drug-likeness (QED) is 0.781. The van der Waals surface area contributed by atoms with Gasteiger partial charge in [-0.3, -0.25) is 4.79 Å². The average Bonchev–Trinajstić information content (AvgIpc) is 2.72. The molecule has 0 aliphatic carbocycles. The van der Waals surface area contributed by atoms with Crippen molar-refractivity contribution in [3.8, 4) is 0 Å². The van der Waals surface area contributed by atoms with Crippen molar-refractivity contribution in [1.82, 2.24) is 14.8 Å². The van der Waals surface area contributed by atoms with Crippen LogP contribution in [0.25, 0.3) is 0 Å². The van der Waals surface area contributed by atoms with Gasteiger partial charge in [-0.25, -0.2) is 9.67 Å². The molecular weight excluding hydrogens is 240 g/mol. The van der Waals surface area contributed by atoms with Crippen LogP contribution in [0.3, 0.4) is 0 Å². The Bertz CT molecular complexity index is 391. The van der Waals surface area contributed by atoms with Gasteiger partial charge in [0.15, 0.2) is 0 Å². The van der Waals surface area contributed by atoms with Gasteiger partial charge in [0.1, 0.15) is 18.2 Å². The van der Waals surface area contributed by atoms with E-state index in [0.29, 0.717) is 5.75 Å². The second kappa shape index (κ2) is 5.50. The number of carbonyl (C=O) groups is 1. The Labute approximate surface area is 105 Å². The highest BCUT2D eigenvalue weighted by Crippen LogP contribution is 2.30. The van der Waals surface area contributed by atoms with Gasteiger partial charge >= 0.3 is 5.97 Å². The third-order valence-electron chi connectivity index (χ3n) is 2.58. The van der Waals surface area contributed by atoms with Crippen LogP contribution in [0, 0.1) is 0 Å². The molecule has 17 heavy (non-hydrogen) atoms. The summed E-state index contributed by atoms with van der Waals surface area (Å²) >= 11 is 1.47. The van der Waals surface area contributed by atoms with Gasteiger partial charge in [0, 0.05) is 11.3 Å². The maximum atomic E-state index is 10.9. The molecule has 0 amide bonds. The van der Waals surface area contributed by atoms with Crippen molar-refractivity contribution in [2.75, 3.05) is 0 Å². The number of aliphatic carboxylic acids is 1. The summed E-state index contributed by atoms with van der Waals surface area (Å²) in [7, 11) is 0. The lowest BCUT2D eigenvalue weighted by Gasteiger charge is -2.27. The molecular formula is C10H18N4O2S. The highest BCUT2D eigenvalue weighted by Gasteiger charge is 2.32. The minimum absolute atomic E-state index is 0.545. The third kappa shape index (κ3) is 3.44. The molecule has 7 heteroatoms. The Morgan fingerprint density at radius 1 is 1.71 bits per heavy atom. The number of carboxylic acids is 1. The van der Waals surface area contributed by atoms with Crippen LogP contribution in [0.15, 0.2) is 6.33 Å². The average molecular weight is 258 g/mol. The molecule has 1 aromatic heterocycles. The summed E-state index contributed by atoms with van der Waals surface area (Å²) < 4.78 is 1.24. The van der Waals surface area contributed by atoms with E-state index >= 15 is 0 Å². The molecule has 1 atom stereocenters. The Kier molecular flexibility index (Phi) is 4.53. The Morgan fingerprint density at radius 2 is 2.35 bits per heavy atom. The van der Waals surface area contributed by atoms with Crippen molar-refractivity contribution >= 4 is 17.7 Å². The zero-order valence-electron chi connectivity index (χ0n) is 10.3. The summed E-state index contributed by atoms with van der Waals surface area (Å²) in [6.45, 7) is 6.38. The molecule has 0 unspecified atom stereocenters. The van der Waals surface area contributed by atoms with E-state index in [0.717, 1.165) is 12.4 Å². The van der Waals surface area contributed by atoms with Gasteiger partial charge < -0.3 is 10.8 Å². The first-order valence-corrected chi connectivity index (χ1v) is 6.36. The predicted molar refractivity (Wildman–Crippen MR) is 66.7 cm³/mol. The molecule has 1 aromatic rings. The maximum absolute atomic E-state index is 10.9. The number of hydrogen-bond donors (Lipinski definition) is 2. The topological polar surface area (TPSA) is 94.0 Å². The Balaban J connectivity index is 2.64. The van der Waals surface area contributed by atoms with Crippen LogP contribution >= 0.6 is 11.8 Å². The lowest BCUT2D eigenvalue weighted by Crippen LogP contribution is -2.46. The summed E-state index contributed by atoms with van der Waals surface area (Å²) in [6.07, 6.45) is 1.50. The van der Waals surface area contributed by atoms with E-state index < -0.39 is 16.8 Å². The standard InChI is InChI=1S/C10H18N4O2S/c1-4-14-7(12-6-13-14)5-17-10(2,3)8(11)9(15)16/h6,8H,4-5,11H2,1-3H3,(H,15,16)/t8-/m0/s1. The van der Waals surface area contributed by atoms with Crippen LogP contribution in [-0.2, 0) is 17.1 Å². The van der Waals surface area contributed by atoms with Crippen LogP contribution in [0.1, 0.15) is 26.6 Å². The molecule has 6 nitrogen and oxygen atoms in total. The summed E-state index contributed by atoms with van der Waals surface area (Å²) in [6, 6.07) is -0.898. The zero-order valence-corrected chi connectivity index (χ0v) is 11.1. The van der Waals surface area contributed by atoms with E-state index in [9.17, 15) is 4.79 Å². The molecule has 0 saturated heterocycles. The molecule has 0 bridgehead atoms. The van der Waals surface area contributed by atoms with Gasteiger partial charge in [-0.15, -0.1) is 11.8 Å². The molecule has 0 aromatic carbocycles. The van der Waals surface area contributed by atoms with Crippen LogP contribution in [0.5, 0.6) is 0 Å². The van der Waals surface area contributed by atoms with Crippen molar-refractivity contribution in [1.29, 1.82) is 0 Å². The molecule has 1 rings (SSSR count). The largest absolute Gasteiger partial charge is 0.480 e. The van der Waals surface area contributed by atoms with Crippen LogP contribution in [-0.4, -0.2) is 36.6 Å². The Hall–Kier alpha value is -1.08. The number of hydrogen-bond acceptors (Lipinski definition) is 5. The second-order valence-corrected chi connectivity index (χ2v) is 5.83. The molecule has 0 saturated carbocycles. The van der Waals surface area contributed by atoms with Crippen LogP contribution < -0.4 is 5.73 Å². The summed E-state index contributed by atoms with van der Waals surface area (Å²) in [5, 5.41) is 13.0. The summed E-state index contributed by atoms with van der Waals surface area (Å²) in [5.41, 5.74) is 5.64. The molecule has 0 aliphatic rings. The van der Waals surface area contributed by atoms with Gasteiger partial charge in [-0.2, -0.15) is 5.10 Å². The number of nitrogens with zero attached hydrogens (tertiary/aromatic N) is 3. The molecule has 0 fully saturated rings. The van der Waals surface area contributed by atoms with Gasteiger partial charge in [0.25, 0.3) is 0 Å². The van der Waals surface area contributed by atoms with E-state index in [1.165, 1.54) is 18.1 Å². The number of thioether (sulfide) groups is 1. The lowest BCUT2D eigenvalue weighted by molar-refractivity contribution is -0.139. The zero-order chi connectivity index (χ0) is 13.1. The van der Waals surface area contributed by atoms with Crippen molar-refractivity contribution in [3.05, 3.63) is 12.2 Å². The number of rotatable bonds is 6. The lowest BCUT2D eigenvalue weighted by atomic mass is 10.1. The number of aryl methyl sites for hydroxylation is 1. The smallest absolute Gasteiger partial charge is 0.321 e. The fourth-order valence-corrected chi connectivity index (χ4v) is 2.31. The van der Waals surface area contributed by atoms with Gasteiger partial charge in [-0.05, 0) is 20.8 Å². The minimum Gasteiger partial charge on any atom is -0.480 e. The maximum Gasteiger partial charge on any atom is 0.321 e. The van der Waals surface area contributed by atoms with Crippen molar-refractivity contribution < 1.29 is 9.90 Å². The first-order valence-electron chi connectivity index (χ1n) is 5.37. The monoisotopic (exact) mass is 258 g/mol. The molecule has 1 heterocycles. The molecule has 3 N–H and O–H groups in total. The highest BCUT2D eigenvalue weighted by molar-refractivity contribution is 7.99. The number of aromatic nitrogens is 3. The highest BCUT2D eigenvalue weighted by atomic mass is 32.2. The SMILES string of the molecule is CCn1ncnc1CSC(C)(C)[C@@H](N)C(=O)O. The minimum atomic E-state index is -0.987. The van der Waals surface area contributed by atoms with E-state index in [1.807, 2.05) is 20.8 Å². The van der Waals surface area contributed by atoms with E-state index in [4.69, 9.17) is 10.8 Å². The first kappa shape index (κ1) is 14.0. The first-order chi connectivity index (χ1) is 7.88. The van der Waals surface area contributed by atoms with Gasteiger partial charge in [0.05, 0.1) is 5.75 Å². The molecule has 96 valence electrons. The van der Waals surface area contributed by atoms with E-state index in [2.05, 4.69) is 10.1 Å². The fourth-order valence-electron chi connectivity index (χ4n) is 1.30. The molecule has 0 spiro atoms. The van der Waals surface area contributed by atoms with E-state index in [1.54, 1.807) is 4.68 Å². The predicted octanol–water partition coefficient (Wildman–Crippen LogP) is 0.722. The number of carboxylic acid groups (broad SMARTS) is 1. The Morgan fingerprint density at radius 3 is 2.88 bits per heavy atom. The normalized spacial score (nSPS) is 13.6. The number of nitrogens with two attached hydrogens (primary N) is 1.